The van der Waals surface area contributed by atoms with Crippen molar-refractivity contribution in [1.82, 2.24) is 24.3 Å². The van der Waals surface area contributed by atoms with E-state index in [1.54, 1.807) is 24.5 Å². The highest BCUT2D eigenvalue weighted by Crippen LogP contribution is 2.33. The van der Waals surface area contributed by atoms with Crippen molar-refractivity contribution in [1.29, 1.82) is 0 Å². The summed E-state index contributed by atoms with van der Waals surface area (Å²) in [6, 6.07) is 11.9. The van der Waals surface area contributed by atoms with Gasteiger partial charge in [-0.15, -0.1) is 0 Å². The molecule has 1 aliphatic heterocycles. The molecule has 3 heterocycles. The first-order valence-corrected chi connectivity index (χ1v) is 11.4. The monoisotopic (exact) mass is 435 g/mol. The summed E-state index contributed by atoms with van der Waals surface area (Å²) in [5.41, 5.74) is 2.40. The van der Waals surface area contributed by atoms with Crippen molar-refractivity contribution in [2.45, 2.75) is 43.8 Å². The molecule has 1 saturated carbocycles. The molecule has 2 fully saturated rings. The summed E-state index contributed by atoms with van der Waals surface area (Å²) in [6.07, 6.45) is 7.06. The molecule has 8 nitrogen and oxygen atoms in total. The van der Waals surface area contributed by atoms with Crippen LogP contribution in [0, 0.1) is 0 Å². The predicted octanol–water partition coefficient (Wildman–Crippen LogP) is 2.03. The van der Waals surface area contributed by atoms with Crippen LogP contribution >= 0.6 is 0 Å². The number of aliphatic hydroxyl groups is 1. The lowest BCUT2D eigenvalue weighted by Crippen LogP contribution is -2.59. The van der Waals surface area contributed by atoms with Gasteiger partial charge in [-0.05, 0) is 49.9 Å². The second kappa shape index (κ2) is 8.88. The molecule has 1 saturated heterocycles. The van der Waals surface area contributed by atoms with E-state index in [0.29, 0.717) is 24.7 Å². The molecule has 2 aliphatic rings. The van der Waals surface area contributed by atoms with E-state index in [2.05, 4.69) is 14.9 Å². The minimum Gasteiger partial charge on any atom is -0.395 e. The number of fused-ring (bicyclic) bond motifs is 1. The molecule has 32 heavy (non-hydrogen) atoms. The smallest absolute Gasteiger partial charge is 0.326 e. The van der Waals surface area contributed by atoms with E-state index in [1.807, 2.05) is 33.7 Å². The summed E-state index contributed by atoms with van der Waals surface area (Å²) in [7, 11) is 0. The number of hydrogen-bond acceptors (Lipinski definition) is 5. The second-order valence-corrected chi connectivity index (χ2v) is 8.85. The number of pyridine rings is 1. The minimum atomic E-state index is -0.0678. The number of aliphatic hydroxyl groups excluding tert-OH is 1. The maximum absolute atomic E-state index is 12.8. The molecule has 168 valence electrons. The Labute approximate surface area is 186 Å². The van der Waals surface area contributed by atoms with E-state index in [-0.39, 0.29) is 30.3 Å². The van der Waals surface area contributed by atoms with Gasteiger partial charge in [0.25, 0.3) is 5.91 Å². The lowest BCUT2D eigenvalue weighted by molar-refractivity contribution is 0.000826. The first-order chi connectivity index (χ1) is 15.7. The average molecular weight is 436 g/mol. The molecule has 2 N–H and O–H groups in total. The molecule has 1 unspecified atom stereocenters. The van der Waals surface area contributed by atoms with Crippen LogP contribution in [-0.4, -0.2) is 73.7 Å². The van der Waals surface area contributed by atoms with Crippen molar-refractivity contribution in [2.24, 2.45) is 0 Å². The van der Waals surface area contributed by atoms with Gasteiger partial charge >= 0.3 is 5.69 Å². The lowest BCUT2D eigenvalue weighted by atomic mass is 9.88. The van der Waals surface area contributed by atoms with Crippen molar-refractivity contribution in [2.75, 3.05) is 26.2 Å². The normalized spacial score (nSPS) is 24.7. The van der Waals surface area contributed by atoms with Crippen LogP contribution in [0.3, 0.4) is 0 Å². The highest BCUT2D eigenvalue weighted by atomic mass is 16.3. The Bertz CT molecular complexity index is 1130. The SMILES string of the molecule is O=C(c1cccnc1)N1CCN(C2CCC(n3c(=O)[nH]c4ccccc43)CC2)C(CO)C1. The molecule has 8 heteroatoms. The number of carbonyl (C=O) groups is 1. The average Bonchev–Trinajstić information content (AvgIpc) is 3.19. The molecule has 2 aromatic heterocycles. The van der Waals surface area contributed by atoms with Crippen molar-refractivity contribution >= 4 is 16.9 Å². The van der Waals surface area contributed by atoms with E-state index in [4.69, 9.17) is 0 Å². The Balaban J connectivity index is 1.24. The van der Waals surface area contributed by atoms with Gasteiger partial charge in [0.1, 0.15) is 0 Å². The van der Waals surface area contributed by atoms with E-state index in [0.717, 1.165) is 43.3 Å². The number of nitrogens with zero attached hydrogens (tertiary/aromatic N) is 4. The zero-order valence-electron chi connectivity index (χ0n) is 18.1. The van der Waals surface area contributed by atoms with Gasteiger partial charge in [0.15, 0.2) is 0 Å². The lowest BCUT2D eigenvalue weighted by Gasteiger charge is -2.46. The van der Waals surface area contributed by atoms with Crippen molar-refractivity contribution in [3.63, 3.8) is 0 Å². The molecular formula is C24H29N5O3. The largest absolute Gasteiger partial charge is 0.395 e. The van der Waals surface area contributed by atoms with Crippen LogP contribution in [0.15, 0.2) is 53.6 Å². The zero-order chi connectivity index (χ0) is 22.1. The third-order valence-electron chi connectivity index (χ3n) is 7.06. The van der Waals surface area contributed by atoms with Gasteiger partial charge in [0.2, 0.25) is 0 Å². The summed E-state index contributed by atoms with van der Waals surface area (Å²) in [4.78, 5) is 36.6. The van der Waals surface area contributed by atoms with Crippen LogP contribution < -0.4 is 5.69 Å². The van der Waals surface area contributed by atoms with E-state index in [9.17, 15) is 14.7 Å². The Morgan fingerprint density at radius 2 is 1.84 bits per heavy atom. The number of hydrogen-bond donors (Lipinski definition) is 2. The summed E-state index contributed by atoms with van der Waals surface area (Å²) >= 11 is 0. The number of piperazine rings is 1. The fourth-order valence-electron chi connectivity index (χ4n) is 5.45. The van der Waals surface area contributed by atoms with E-state index in [1.165, 1.54) is 0 Å². The fraction of sp³-hybridized carbons (Fsp3) is 0.458. The summed E-state index contributed by atoms with van der Waals surface area (Å²) in [5.74, 6) is -0.0291. The topological polar surface area (TPSA) is 94.5 Å². The fourth-order valence-corrected chi connectivity index (χ4v) is 5.45. The molecule has 5 rings (SSSR count). The summed E-state index contributed by atoms with van der Waals surface area (Å²) in [6.45, 7) is 1.94. The first-order valence-electron chi connectivity index (χ1n) is 11.4. The third kappa shape index (κ3) is 3.84. The minimum absolute atomic E-state index is 0.0264. The van der Waals surface area contributed by atoms with Crippen molar-refractivity contribution in [3.05, 3.63) is 64.8 Å². The Kier molecular flexibility index (Phi) is 5.80. The maximum atomic E-state index is 12.8. The van der Waals surface area contributed by atoms with Gasteiger partial charge in [-0.1, -0.05) is 12.1 Å². The highest BCUT2D eigenvalue weighted by molar-refractivity contribution is 5.94. The molecule has 1 aliphatic carbocycles. The third-order valence-corrected chi connectivity index (χ3v) is 7.06. The van der Waals surface area contributed by atoms with Crippen LogP contribution in [0.1, 0.15) is 42.1 Å². The Hall–Kier alpha value is -2.97. The molecule has 0 spiro atoms. The number of H-pyrrole nitrogens is 1. The summed E-state index contributed by atoms with van der Waals surface area (Å²) in [5, 5.41) is 10.1. The van der Waals surface area contributed by atoms with Gasteiger partial charge in [0, 0.05) is 44.1 Å². The zero-order valence-corrected chi connectivity index (χ0v) is 18.1. The molecule has 0 bridgehead atoms. The molecular weight excluding hydrogens is 406 g/mol. The summed E-state index contributed by atoms with van der Waals surface area (Å²) < 4.78 is 1.92. The van der Waals surface area contributed by atoms with Crippen LogP contribution in [0.4, 0.5) is 0 Å². The van der Waals surface area contributed by atoms with Crippen molar-refractivity contribution < 1.29 is 9.90 Å². The number of aromatic nitrogens is 3. The number of para-hydroxylation sites is 2. The highest BCUT2D eigenvalue weighted by Gasteiger charge is 2.36. The predicted molar refractivity (Wildman–Crippen MR) is 122 cm³/mol. The number of rotatable bonds is 4. The number of benzene rings is 1. The van der Waals surface area contributed by atoms with Crippen LogP contribution in [0.2, 0.25) is 0 Å². The van der Waals surface area contributed by atoms with E-state index < -0.39 is 0 Å². The molecule has 1 aromatic carbocycles. The van der Waals surface area contributed by atoms with Gasteiger partial charge in [0.05, 0.1) is 29.2 Å². The van der Waals surface area contributed by atoms with Crippen LogP contribution in [0.25, 0.3) is 11.0 Å². The number of carbonyl (C=O) groups excluding carboxylic acids is 1. The molecule has 3 aromatic rings. The number of nitrogens with one attached hydrogen (secondary N) is 1. The van der Waals surface area contributed by atoms with E-state index >= 15 is 0 Å². The maximum Gasteiger partial charge on any atom is 0.326 e. The standard InChI is InChI=1S/C24H29N5O3/c30-16-20-15-27(23(31)17-4-3-11-25-14-17)12-13-28(20)18-7-9-19(10-8-18)29-22-6-2-1-5-21(22)26-24(29)32/h1-6,11,14,18-20,30H,7-10,12-13,15-16H2,(H,26,32). The van der Waals surface area contributed by atoms with Gasteiger partial charge in [-0.3, -0.25) is 19.2 Å². The Morgan fingerprint density at radius 1 is 1.06 bits per heavy atom. The molecule has 0 radical (unpaired) electrons. The van der Waals surface area contributed by atoms with Crippen LogP contribution in [0.5, 0.6) is 0 Å². The number of imidazole rings is 1. The first kappa shape index (κ1) is 20.9. The second-order valence-electron chi connectivity index (χ2n) is 8.85. The van der Waals surface area contributed by atoms with Gasteiger partial charge in [-0.2, -0.15) is 0 Å². The number of amides is 1. The van der Waals surface area contributed by atoms with Gasteiger partial charge in [-0.25, -0.2) is 4.79 Å². The molecule has 1 atom stereocenters. The molecule has 1 amide bonds. The quantitative estimate of drug-likeness (QED) is 0.654. The van der Waals surface area contributed by atoms with Crippen LogP contribution in [-0.2, 0) is 0 Å². The van der Waals surface area contributed by atoms with Crippen molar-refractivity contribution in [3.8, 4) is 0 Å². The number of aromatic amines is 1. The van der Waals surface area contributed by atoms with Gasteiger partial charge < -0.3 is 15.0 Å². The Morgan fingerprint density at radius 3 is 2.59 bits per heavy atom.